The van der Waals surface area contributed by atoms with Gasteiger partial charge in [0.05, 0.1) is 29.8 Å². The zero-order valence-corrected chi connectivity index (χ0v) is 17.2. The maximum Gasteiger partial charge on any atom is 0.414 e. The average Bonchev–Trinajstić information content (AvgIpc) is 3.46. The van der Waals surface area contributed by atoms with Crippen molar-refractivity contribution in [2.75, 3.05) is 25.3 Å². The summed E-state index contributed by atoms with van der Waals surface area (Å²) >= 11 is 0. The van der Waals surface area contributed by atoms with E-state index in [-0.39, 0.29) is 35.9 Å². The first kappa shape index (κ1) is 16.9. The first-order valence-corrected chi connectivity index (χ1v) is 11.2. The second-order valence-electron chi connectivity index (χ2n) is 10.3. The Hall–Kier alpha value is -2.77. The van der Waals surface area contributed by atoms with E-state index in [0.717, 1.165) is 31.2 Å². The molecule has 2 saturated heterocycles. The molecule has 1 aromatic carbocycles. The Labute approximate surface area is 178 Å². The van der Waals surface area contributed by atoms with Crippen LogP contribution < -0.4 is 14.4 Å². The van der Waals surface area contributed by atoms with Crippen molar-refractivity contribution in [3.63, 3.8) is 0 Å². The highest BCUT2D eigenvalue weighted by Gasteiger charge is 2.91. The maximum atomic E-state index is 13.9. The van der Waals surface area contributed by atoms with Gasteiger partial charge in [0, 0.05) is 12.5 Å². The van der Waals surface area contributed by atoms with Crippen molar-refractivity contribution in [2.45, 2.75) is 49.1 Å². The Morgan fingerprint density at radius 1 is 1.19 bits per heavy atom. The summed E-state index contributed by atoms with van der Waals surface area (Å²) in [6, 6.07) is 3.80. The minimum atomic E-state index is -0.778. The van der Waals surface area contributed by atoms with E-state index in [1.165, 1.54) is 7.11 Å². The van der Waals surface area contributed by atoms with Gasteiger partial charge in [-0.1, -0.05) is 6.07 Å². The number of amides is 2. The number of fused-ring (bicyclic) bond motifs is 4. The highest BCUT2D eigenvalue weighted by Crippen LogP contribution is 2.82. The number of piperidine rings is 1. The summed E-state index contributed by atoms with van der Waals surface area (Å²) in [5, 5.41) is 0. The second-order valence-corrected chi connectivity index (χ2v) is 10.3. The number of methoxy groups -OCH3 is 1. The highest BCUT2D eigenvalue weighted by atomic mass is 16.7. The van der Waals surface area contributed by atoms with Crippen molar-refractivity contribution in [3.05, 3.63) is 17.7 Å². The van der Waals surface area contributed by atoms with E-state index in [1.54, 1.807) is 4.90 Å². The Kier molecular flexibility index (Phi) is 2.55. The van der Waals surface area contributed by atoms with Crippen LogP contribution in [0.15, 0.2) is 12.1 Å². The van der Waals surface area contributed by atoms with Gasteiger partial charge in [-0.3, -0.25) is 14.5 Å². The summed E-state index contributed by atoms with van der Waals surface area (Å²) < 4.78 is 16.8. The lowest BCUT2D eigenvalue weighted by molar-refractivity contribution is -0.153. The van der Waals surface area contributed by atoms with Crippen LogP contribution in [0.2, 0.25) is 0 Å². The van der Waals surface area contributed by atoms with Gasteiger partial charge >= 0.3 is 6.09 Å². The quantitative estimate of drug-likeness (QED) is 0.595. The number of hydrogen-bond acceptors (Lipinski definition) is 6. The molecule has 6 atom stereocenters. The molecule has 160 valence electrons. The number of hydrogen-bond donors (Lipinski definition) is 0. The zero-order valence-electron chi connectivity index (χ0n) is 17.2. The Morgan fingerprint density at radius 2 is 2.06 bits per heavy atom. The SMILES string of the molecule is COC(=O)N1c2c(ccc3c2OCO3)[C@]23C4C(=O)[C@H]5CC6(CCCN(C4=O)[C@@H]62)CCC513. The molecule has 3 unspecified atom stereocenters. The average molecular weight is 422 g/mol. The minimum Gasteiger partial charge on any atom is -0.454 e. The van der Waals surface area contributed by atoms with Gasteiger partial charge in [0.1, 0.15) is 5.92 Å². The third-order valence-corrected chi connectivity index (χ3v) is 9.86. The minimum absolute atomic E-state index is 0.0261. The molecule has 2 amide bonds. The van der Waals surface area contributed by atoms with Crippen LogP contribution in [0.1, 0.15) is 37.7 Å². The number of anilines is 1. The lowest BCUT2D eigenvalue weighted by atomic mass is 9.41. The van der Waals surface area contributed by atoms with Gasteiger partial charge in [-0.15, -0.1) is 0 Å². The topological polar surface area (TPSA) is 85.4 Å². The van der Waals surface area contributed by atoms with E-state index in [0.29, 0.717) is 30.2 Å². The number of carbonyl (C=O) groups excluding carboxylic acids is 3. The Morgan fingerprint density at radius 3 is 2.90 bits per heavy atom. The molecule has 6 fully saturated rings. The summed E-state index contributed by atoms with van der Waals surface area (Å²) in [6.45, 7) is 0.778. The van der Waals surface area contributed by atoms with Crippen molar-refractivity contribution in [1.82, 2.24) is 4.90 Å². The third kappa shape index (κ3) is 1.33. The van der Waals surface area contributed by atoms with Crippen LogP contribution in [0, 0.1) is 17.3 Å². The van der Waals surface area contributed by atoms with Crippen LogP contribution >= 0.6 is 0 Å². The van der Waals surface area contributed by atoms with Gasteiger partial charge in [0.25, 0.3) is 0 Å². The molecular weight excluding hydrogens is 400 g/mol. The Bertz CT molecular complexity index is 1150. The van der Waals surface area contributed by atoms with E-state index in [4.69, 9.17) is 14.2 Å². The normalized spacial score (nSPS) is 44.1. The van der Waals surface area contributed by atoms with E-state index in [1.807, 2.05) is 17.0 Å². The molecule has 8 nitrogen and oxygen atoms in total. The standard InChI is InChI=1S/C23H22N2O6/c1-29-20(28)25-15-11(3-4-13-17(15)31-10-30-13)23-14-16(26)12-9-21(6-7-22(12,23)25)5-2-8-24(18(14)27)19(21)23/h3-4,12,14,19H,2,5-10H2,1H3/t12-,14?,19+,21?,22?,23+/m1/s1. The molecule has 9 rings (SSSR count). The van der Waals surface area contributed by atoms with E-state index in [9.17, 15) is 14.4 Å². The molecule has 31 heavy (non-hydrogen) atoms. The number of benzene rings is 1. The van der Waals surface area contributed by atoms with Crippen LogP contribution in [-0.4, -0.2) is 54.7 Å². The molecule has 0 N–H and O–H groups in total. The van der Waals surface area contributed by atoms with Crippen LogP contribution in [0.5, 0.6) is 11.5 Å². The molecule has 4 aliphatic carbocycles. The van der Waals surface area contributed by atoms with Crippen molar-refractivity contribution < 1.29 is 28.6 Å². The summed E-state index contributed by atoms with van der Waals surface area (Å²) in [5.74, 6) is 0.0362. The molecule has 1 aromatic rings. The molecule has 8 aliphatic rings. The Balaban J connectivity index is 1.54. The maximum absolute atomic E-state index is 13.9. The molecule has 0 radical (unpaired) electrons. The lowest BCUT2D eigenvalue weighted by Crippen LogP contribution is -2.76. The molecule has 4 aliphatic heterocycles. The number of rotatable bonds is 0. The lowest BCUT2D eigenvalue weighted by Gasteiger charge is -2.67. The fourth-order valence-corrected chi connectivity index (χ4v) is 9.36. The van der Waals surface area contributed by atoms with Gasteiger partial charge in [-0.05, 0) is 49.1 Å². The summed E-state index contributed by atoms with van der Waals surface area (Å²) in [6.07, 6.45) is 3.90. The third-order valence-electron chi connectivity index (χ3n) is 9.86. The summed E-state index contributed by atoms with van der Waals surface area (Å²) in [7, 11) is 1.37. The molecule has 0 aromatic heterocycles. The first-order valence-electron chi connectivity index (χ1n) is 11.2. The fourth-order valence-electron chi connectivity index (χ4n) is 9.36. The summed E-state index contributed by atoms with van der Waals surface area (Å²) in [5.41, 5.74) is -0.00923. The molecule has 3 spiro atoms. The van der Waals surface area contributed by atoms with Crippen molar-refractivity contribution in [3.8, 4) is 11.5 Å². The molecule has 8 heteroatoms. The zero-order chi connectivity index (χ0) is 20.9. The summed E-state index contributed by atoms with van der Waals surface area (Å²) in [4.78, 5) is 44.8. The highest BCUT2D eigenvalue weighted by molar-refractivity contribution is 6.15. The van der Waals surface area contributed by atoms with Gasteiger partial charge in [-0.2, -0.15) is 0 Å². The van der Waals surface area contributed by atoms with E-state index >= 15 is 0 Å². The van der Waals surface area contributed by atoms with Crippen LogP contribution in [-0.2, 0) is 19.7 Å². The predicted molar refractivity (Wildman–Crippen MR) is 105 cm³/mol. The monoisotopic (exact) mass is 422 g/mol. The molecule has 4 saturated carbocycles. The van der Waals surface area contributed by atoms with Crippen molar-refractivity contribution in [2.24, 2.45) is 17.3 Å². The number of carbonyl (C=O) groups is 3. The molecular formula is C23H22N2O6. The van der Waals surface area contributed by atoms with Gasteiger partial charge in [0.2, 0.25) is 12.7 Å². The van der Waals surface area contributed by atoms with E-state index in [2.05, 4.69) is 0 Å². The largest absolute Gasteiger partial charge is 0.454 e. The van der Waals surface area contributed by atoms with E-state index < -0.39 is 23.0 Å². The molecule has 4 bridgehead atoms. The van der Waals surface area contributed by atoms with Gasteiger partial charge < -0.3 is 19.1 Å². The van der Waals surface area contributed by atoms with Crippen LogP contribution in [0.3, 0.4) is 0 Å². The molecule has 4 heterocycles. The van der Waals surface area contributed by atoms with Crippen LogP contribution in [0.4, 0.5) is 10.5 Å². The van der Waals surface area contributed by atoms with Gasteiger partial charge in [-0.25, -0.2) is 4.79 Å². The fraction of sp³-hybridized carbons (Fsp3) is 0.609. The predicted octanol–water partition coefficient (Wildman–Crippen LogP) is 1.98. The second kappa shape index (κ2) is 4.69. The first-order chi connectivity index (χ1) is 15.0. The van der Waals surface area contributed by atoms with Crippen molar-refractivity contribution in [1.29, 1.82) is 0 Å². The number of Topliss-reactive ketones (excluding diaryl/α,β-unsaturated/α-hetero) is 1. The number of nitrogens with zero attached hydrogens (tertiary/aromatic N) is 2. The number of ether oxygens (including phenoxy) is 3. The van der Waals surface area contributed by atoms with Gasteiger partial charge in [0.15, 0.2) is 17.3 Å². The smallest absolute Gasteiger partial charge is 0.414 e. The van der Waals surface area contributed by atoms with Crippen LogP contribution in [0.25, 0.3) is 0 Å². The van der Waals surface area contributed by atoms with Crippen molar-refractivity contribution >= 4 is 23.5 Å². The number of ketones is 1.